The minimum Gasteiger partial charge on any atom is -0.370 e. The van der Waals surface area contributed by atoms with Gasteiger partial charge in [-0.05, 0) is 38.9 Å². The highest BCUT2D eigenvalue weighted by molar-refractivity contribution is 7.11. The molecule has 3 heteroatoms. The largest absolute Gasteiger partial charge is 0.370 e. The third-order valence-corrected chi connectivity index (χ3v) is 3.78. The number of hydrogen-bond donors (Lipinski definition) is 1. The average molecular weight is 241 g/mol. The number of rotatable bonds is 7. The molecule has 0 amide bonds. The zero-order valence-corrected chi connectivity index (χ0v) is 11.6. The summed E-state index contributed by atoms with van der Waals surface area (Å²) >= 11 is 1.84. The molecule has 1 heterocycles. The van der Waals surface area contributed by atoms with Crippen molar-refractivity contribution in [2.45, 2.75) is 52.9 Å². The lowest BCUT2D eigenvalue weighted by Crippen LogP contribution is -2.22. The highest BCUT2D eigenvalue weighted by Crippen LogP contribution is 2.21. The van der Waals surface area contributed by atoms with Gasteiger partial charge in [0.2, 0.25) is 0 Å². The highest BCUT2D eigenvalue weighted by atomic mass is 32.1. The molecule has 0 saturated heterocycles. The minimum atomic E-state index is -0.00811. The van der Waals surface area contributed by atoms with Gasteiger partial charge in [-0.25, -0.2) is 0 Å². The topological polar surface area (TPSA) is 21.3 Å². The molecule has 92 valence electrons. The van der Waals surface area contributed by atoms with Crippen molar-refractivity contribution in [1.29, 1.82) is 0 Å². The molecule has 0 atom stereocenters. The molecule has 0 unspecified atom stereocenters. The van der Waals surface area contributed by atoms with Gasteiger partial charge >= 0.3 is 0 Å². The van der Waals surface area contributed by atoms with Crippen molar-refractivity contribution in [3.8, 4) is 0 Å². The van der Waals surface area contributed by atoms with E-state index in [4.69, 9.17) is 4.74 Å². The van der Waals surface area contributed by atoms with Gasteiger partial charge in [-0.15, -0.1) is 11.3 Å². The third kappa shape index (κ3) is 4.64. The normalized spacial score (nSPS) is 12.0. The van der Waals surface area contributed by atoms with E-state index in [0.29, 0.717) is 0 Å². The van der Waals surface area contributed by atoms with Crippen LogP contribution in [-0.4, -0.2) is 12.1 Å². The van der Waals surface area contributed by atoms with Gasteiger partial charge in [0.05, 0.1) is 12.2 Å². The Balaban J connectivity index is 2.40. The molecule has 0 radical (unpaired) electrons. The van der Waals surface area contributed by atoms with Crippen LogP contribution in [0.15, 0.2) is 12.1 Å². The first kappa shape index (κ1) is 13.7. The van der Waals surface area contributed by atoms with E-state index in [2.05, 4.69) is 45.1 Å². The maximum Gasteiger partial charge on any atom is 0.0816 e. The van der Waals surface area contributed by atoms with Crippen LogP contribution in [0.25, 0.3) is 0 Å². The summed E-state index contributed by atoms with van der Waals surface area (Å²) in [5.41, 5.74) is -0.00811. The molecule has 0 aliphatic rings. The van der Waals surface area contributed by atoms with Crippen molar-refractivity contribution < 1.29 is 4.74 Å². The fourth-order valence-corrected chi connectivity index (χ4v) is 2.11. The van der Waals surface area contributed by atoms with Gasteiger partial charge in [-0.2, -0.15) is 0 Å². The van der Waals surface area contributed by atoms with Gasteiger partial charge in [-0.3, -0.25) is 0 Å². The van der Waals surface area contributed by atoms with E-state index < -0.39 is 0 Å². The van der Waals surface area contributed by atoms with Crippen molar-refractivity contribution in [3.63, 3.8) is 0 Å². The summed E-state index contributed by atoms with van der Waals surface area (Å²) in [5.74, 6) is 0. The van der Waals surface area contributed by atoms with E-state index in [1.54, 1.807) is 0 Å². The maximum absolute atomic E-state index is 5.87. The summed E-state index contributed by atoms with van der Waals surface area (Å²) in [5, 5.41) is 3.33. The first-order chi connectivity index (χ1) is 7.57. The molecule has 1 aromatic rings. The van der Waals surface area contributed by atoms with Crippen LogP contribution < -0.4 is 5.32 Å². The SMILES string of the molecule is CCNCc1ccc(COC(C)(C)CC)s1. The second-order valence-electron chi connectivity index (χ2n) is 4.55. The molecule has 0 spiro atoms. The summed E-state index contributed by atoms with van der Waals surface area (Å²) in [6, 6.07) is 4.36. The molecule has 2 nitrogen and oxygen atoms in total. The molecule has 1 rings (SSSR count). The zero-order chi connectivity index (χ0) is 12.0. The van der Waals surface area contributed by atoms with Crippen LogP contribution in [0.5, 0.6) is 0 Å². The van der Waals surface area contributed by atoms with E-state index >= 15 is 0 Å². The van der Waals surface area contributed by atoms with Gasteiger partial charge in [0.25, 0.3) is 0 Å². The highest BCUT2D eigenvalue weighted by Gasteiger charge is 2.15. The van der Waals surface area contributed by atoms with Crippen LogP contribution in [0, 0.1) is 0 Å². The molecule has 0 aliphatic heterocycles. The Labute approximate surface area is 103 Å². The number of thiophene rings is 1. The van der Waals surface area contributed by atoms with Crippen molar-refractivity contribution in [2.24, 2.45) is 0 Å². The molecular formula is C13H23NOS. The molecule has 0 aliphatic carbocycles. The van der Waals surface area contributed by atoms with Crippen LogP contribution in [0.2, 0.25) is 0 Å². The number of hydrogen-bond acceptors (Lipinski definition) is 3. The van der Waals surface area contributed by atoms with E-state index in [1.165, 1.54) is 9.75 Å². The fourth-order valence-electron chi connectivity index (χ4n) is 1.21. The monoisotopic (exact) mass is 241 g/mol. The van der Waals surface area contributed by atoms with Gasteiger partial charge in [0, 0.05) is 16.3 Å². The Morgan fingerprint density at radius 3 is 2.56 bits per heavy atom. The molecule has 16 heavy (non-hydrogen) atoms. The Hall–Kier alpha value is -0.380. The zero-order valence-electron chi connectivity index (χ0n) is 10.8. The Morgan fingerprint density at radius 1 is 1.25 bits per heavy atom. The Bertz CT molecular complexity index is 307. The molecule has 1 aromatic heterocycles. The Morgan fingerprint density at radius 2 is 1.94 bits per heavy atom. The summed E-state index contributed by atoms with van der Waals surface area (Å²) in [6.07, 6.45) is 1.04. The Kier molecular flexibility index (Phi) is 5.46. The molecular weight excluding hydrogens is 218 g/mol. The van der Waals surface area contributed by atoms with Crippen LogP contribution in [0.3, 0.4) is 0 Å². The quantitative estimate of drug-likeness (QED) is 0.788. The number of ether oxygens (including phenoxy) is 1. The number of nitrogens with one attached hydrogen (secondary N) is 1. The predicted molar refractivity (Wildman–Crippen MR) is 70.9 cm³/mol. The molecule has 0 fully saturated rings. The third-order valence-electron chi connectivity index (χ3n) is 2.72. The van der Waals surface area contributed by atoms with Crippen molar-refractivity contribution >= 4 is 11.3 Å². The second-order valence-corrected chi connectivity index (χ2v) is 5.80. The smallest absolute Gasteiger partial charge is 0.0816 e. The van der Waals surface area contributed by atoms with Gasteiger partial charge in [0.1, 0.15) is 0 Å². The lowest BCUT2D eigenvalue weighted by molar-refractivity contribution is -0.0304. The van der Waals surface area contributed by atoms with Crippen LogP contribution in [0.1, 0.15) is 43.9 Å². The molecule has 0 bridgehead atoms. The molecule has 0 saturated carbocycles. The first-order valence-corrected chi connectivity index (χ1v) is 6.81. The summed E-state index contributed by atoms with van der Waals surface area (Å²) < 4.78 is 5.87. The summed E-state index contributed by atoms with van der Waals surface area (Å²) in [7, 11) is 0. The van der Waals surface area contributed by atoms with Crippen LogP contribution >= 0.6 is 11.3 Å². The molecule has 1 N–H and O–H groups in total. The van der Waals surface area contributed by atoms with Crippen LogP contribution in [0.4, 0.5) is 0 Å². The first-order valence-electron chi connectivity index (χ1n) is 5.99. The van der Waals surface area contributed by atoms with Crippen molar-refractivity contribution in [3.05, 3.63) is 21.9 Å². The average Bonchev–Trinajstić information content (AvgIpc) is 2.72. The van der Waals surface area contributed by atoms with Crippen molar-refractivity contribution in [2.75, 3.05) is 6.54 Å². The lowest BCUT2D eigenvalue weighted by Gasteiger charge is -2.22. The van der Waals surface area contributed by atoms with E-state index in [-0.39, 0.29) is 5.60 Å². The van der Waals surface area contributed by atoms with Crippen molar-refractivity contribution in [1.82, 2.24) is 5.32 Å². The lowest BCUT2D eigenvalue weighted by atomic mass is 10.1. The van der Waals surface area contributed by atoms with Gasteiger partial charge in [-0.1, -0.05) is 13.8 Å². The van der Waals surface area contributed by atoms with E-state index in [9.17, 15) is 0 Å². The van der Waals surface area contributed by atoms with E-state index in [0.717, 1.165) is 26.1 Å². The predicted octanol–water partition coefficient (Wildman–Crippen LogP) is 3.56. The van der Waals surface area contributed by atoms with Gasteiger partial charge in [0.15, 0.2) is 0 Å². The summed E-state index contributed by atoms with van der Waals surface area (Å²) in [6.45, 7) is 11.3. The molecule has 0 aromatic carbocycles. The fraction of sp³-hybridized carbons (Fsp3) is 0.692. The van der Waals surface area contributed by atoms with E-state index in [1.807, 2.05) is 11.3 Å². The van der Waals surface area contributed by atoms with Gasteiger partial charge < -0.3 is 10.1 Å². The maximum atomic E-state index is 5.87. The minimum absolute atomic E-state index is 0.00811. The summed E-state index contributed by atoms with van der Waals surface area (Å²) in [4.78, 5) is 2.70. The van der Waals surface area contributed by atoms with Crippen LogP contribution in [-0.2, 0) is 17.9 Å². The standard InChI is InChI=1S/C13H23NOS/c1-5-13(3,4)15-10-12-8-7-11(16-12)9-14-6-2/h7-8,14H,5-6,9-10H2,1-4H3. The second kappa shape index (κ2) is 6.38.